The molecule has 0 fully saturated rings. The molecule has 0 aliphatic rings. The van der Waals surface area contributed by atoms with E-state index >= 15 is 0 Å². The number of aryl methyl sites for hydroxylation is 2. The molecular weight excluding hydrogens is 398 g/mol. The smallest absolute Gasteiger partial charge is 0.344 e. The van der Waals surface area contributed by atoms with Crippen molar-refractivity contribution in [3.63, 3.8) is 0 Å². The Hall–Kier alpha value is -3.13. The van der Waals surface area contributed by atoms with Crippen molar-refractivity contribution in [2.45, 2.75) is 27.4 Å². The highest BCUT2D eigenvalue weighted by Gasteiger charge is 2.21. The minimum Gasteiger partial charge on any atom is -0.455 e. The first-order valence-corrected chi connectivity index (χ1v) is 9.59. The van der Waals surface area contributed by atoms with Gasteiger partial charge in [-0.05, 0) is 49.2 Å². The molecule has 0 N–H and O–H groups in total. The maximum Gasteiger partial charge on any atom is 0.344 e. The van der Waals surface area contributed by atoms with Crippen molar-refractivity contribution in [2.24, 2.45) is 0 Å². The van der Waals surface area contributed by atoms with E-state index < -0.39 is 23.2 Å². The molecule has 0 aliphatic heterocycles. The minimum absolute atomic E-state index is 0.223. The number of halogens is 2. The number of ether oxygens (including phenoxy) is 1. The fraction of sp³-hybridized carbons (Fsp3) is 0.190. The summed E-state index contributed by atoms with van der Waals surface area (Å²) in [5, 5.41) is 2.03. The van der Waals surface area contributed by atoms with Gasteiger partial charge in [-0.3, -0.25) is 9.69 Å². The molecule has 5 nitrogen and oxygen atoms in total. The first kappa shape index (κ1) is 20.6. The molecule has 1 aromatic heterocycles. The van der Waals surface area contributed by atoms with Crippen molar-refractivity contribution in [3.8, 4) is 0 Å². The third-order valence-electron chi connectivity index (χ3n) is 4.31. The van der Waals surface area contributed by atoms with Gasteiger partial charge in [0.1, 0.15) is 23.8 Å². The number of benzene rings is 2. The van der Waals surface area contributed by atoms with E-state index in [9.17, 15) is 18.4 Å². The van der Waals surface area contributed by atoms with Gasteiger partial charge in [0.15, 0.2) is 5.13 Å². The molecule has 0 unspecified atom stereocenters. The predicted molar refractivity (Wildman–Crippen MR) is 106 cm³/mol. The second kappa shape index (κ2) is 8.48. The largest absolute Gasteiger partial charge is 0.455 e. The zero-order chi connectivity index (χ0) is 21.1. The highest BCUT2D eigenvalue weighted by Crippen LogP contribution is 2.30. The van der Waals surface area contributed by atoms with E-state index in [1.54, 1.807) is 5.38 Å². The Morgan fingerprint density at radius 2 is 1.79 bits per heavy atom. The summed E-state index contributed by atoms with van der Waals surface area (Å²) in [7, 11) is 0. The van der Waals surface area contributed by atoms with Gasteiger partial charge in [-0.1, -0.05) is 12.1 Å². The summed E-state index contributed by atoms with van der Waals surface area (Å²) in [6.07, 6.45) is 0. The predicted octanol–water partition coefficient (Wildman–Crippen LogP) is 5.08. The normalized spacial score (nSPS) is 10.7. The van der Waals surface area contributed by atoms with Crippen molar-refractivity contribution in [1.82, 2.24) is 4.98 Å². The monoisotopic (exact) mass is 416 g/mol. The molecule has 0 spiro atoms. The Kier molecular flexibility index (Phi) is 6.03. The lowest BCUT2D eigenvalue weighted by atomic mass is 10.1. The van der Waals surface area contributed by atoms with E-state index in [0.29, 0.717) is 16.5 Å². The standard InChI is InChI=1S/C21H18F2N2O3S/c1-12-7-8-16(9-13(12)2)25(14(3)26)21-24-15(11-29-21)10-28-20(27)19-17(22)5-4-6-18(19)23/h4-9,11H,10H2,1-3H3. The average Bonchev–Trinajstić information content (AvgIpc) is 3.11. The van der Waals surface area contributed by atoms with E-state index in [1.807, 2.05) is 32.0 Å². The molecule has 3 aromatic rings. The molecule has 0 aliphatic carbocycles. The molecule has 2 aromatic carbocycles. The Labute approximate surface area is 170 Å². The highest BCUT2D eigenvalue weighted by molar-refractivity contribution is 7.14. The van der Waals surface area contributed by atoms with Gasteiger partial charge in [0.05, 0.1) is 11.4 Å². The third kappa shape index (κ3) is 4.48. The summed E-state index contributed by atoms with van der Waals surface area (Å²) in [6, 6.07) is 8.76. The lowest BCUT2D eigenvalue weighted by Crippen LogP contribution is -2.22. The molecule has 1 heterocycles. The maximum atomic E-state index is 13.7. The molecule has 0 bridgehead atoms. The van der Waals surface area contributed by atoms with Crippen LogP contribution in [-0.4, -0.2) is 16.9 Å². The molecule has 29 heavy (non-hydrogen) atoms. The molecular formula is C21H18F2N2O3S. The van der Waals surface area contributed by atoms with E-state index in [0.717, 1.165) is 29.3 Å². The van der Waals surface area contributed by atoms with Gasteiger partial charge in [0, 0.05) is 12.3 Å². The van der Waals surface area contributed by atoms with Crippen molar-refractivity contribution in [1.29, 1.82) is 0 Å². The third-order valence-corrected chi connectivity index (χ3v) is 5.19. The Morgan fingerprint density at radius 3 is 2.41 bits per heavy atom. The van der Waals surface area contributed by atoms with Gasteiger partial charge in [0.2, 0.25) is 5.91 Å². The number of rotatable bonds is 5. The summed E-state index contributed by atoms with van der Waals surface area (Å²) in [4.78, 5) is 30.0. The molecule has 8 heteroatoms. The fourth-order valence-corrected chi connectivity index (χ4v) is 3.53. The number of carbonyl (C=O) groups excluding carboxylic acids is 2. The average molecular weight is 416 g/mol. The van der Waals surface area contributed by atoms with Gasteiger partial charge in [-0.25, -0.2) is 18.6 Å². The van der Waals surface area contributed by atoms with Crippen LogP contribution in [0.15, 0.2) is 41.8 Å². The van der Waals surface area contributed by atoms with Crippen LogP contribution >= 0.6 is 11.3 Å². The van der Waals surface area contributed by atoms with Crippen LogP contribution in [0, 0.1) is 25.5 Å². The van der Waals surface area contributed by atoms with Crippen LogP contribution in [0.1, 0.15) is 34.1 Å². The second-order valence-electron chi connectivity index (χ2n) is 6.42. The van der Waals surface area contributed by atoms with Gasteiger partial charge in [0.25, 0.3) is 0 Å². The fourth-order valence-electron chi connectivity index (χ4n) is 2.66. The second-order valence-corrected chi connectivity index (χ2v) is 7.25. The first-order chi connectivity index (χ1) is 13.8. The quantitative estimate of drug-likeness (QED) is 0.544. The zero-order valence-corrected chi connectivity index (χ0v) is 16.8. The van der Waals surface area contributed by atoms with E-state index in [1.165, 1.54) is 23.2 Å². The summed E-state index contributed by atoms with van der Waals surface area (Å²) >= 11 is 1.20. The Bertz CT molecular complexity index is 1060. The summed E-state index contributed by atoms with van der Waals surface area (Å²) < 4.78 is 32.3. The molecule has 1 amide bonds. The SMILES string of the molecule is CC(=O)N(c1ccc(C)c(C)c1)c1nc(COC(=O)c2c(F)cccc2F)cs1. The van der Waals surface area contributed by atoms with Crippen molar-refractivity contribution < 1.29 is 23.1 Å². The van der Waals surface area contributed by atoms with Crippen LogP contribution in [0.2, 0.25) is 0 Å². The van der Waals surface area contributed by atoms with Crippen LogP contribution in [0.5, 0.6) is 0 Å². The molecule has 150 valence electrons. The number of carbonyl (C=O) groups is 2. The van der Waals surface area contributed by atoms with Gasteiger partial charge in [-0.2, -0.15) is 0 Å². The Balaban J connectivity index is 1.77. The van der Waals surface area contributed by atoms with E-state index in [4.69, 9.17) is 4.74 Å². The number of nitrogens with zero attached hydrogens (tertiary/aromatic N) is 2. The number of esters is 1. The molecule has 0 radical (unpaired) electrons. The maximum absolute atomic E-state index is 13.7. The van der Waals surface area contributed by atoms with E-state index in [-0.39, 0.29) is 12.5 Å². The summed E-state index contributed by atoms with van der Waals surface area (Å²) in [5.41, 5.74) is 2.43. The van der Waals surface area contributed by atoms with Gasteiger partial charge >= 0.3 is 5.97 Å². The topological polar surface area (TPSA) is 59.5 Å². The van der Waals surface area contributed by atoms with Crippen LogP contribution < -0.4 is 4.90 Å². The van der Waals surface area contributed by atoms with Crippen molar-refractivity contribution in [3.05, 3.63) is 75.8 Å². The van der Waals surface area contributed by atoms with Crippen molar-refractivity contribution >= 4 is 34.0 Å². The lowest BCUT2D eigenvalue weighted by molar-refractivity contribution is -0.115. The highest BCUT2D eigenvalue weighted by atomic mass is 32.1. The molecule has 3 rings (SSSR count). The number of hydrogen-bond donors (Lipinski definition) is 0. The van der Waals surface area contributed by atoms with Crippen LogP contribution in [-0.2, 0) is 16.1 Å². The van der Waals surface area contributed by atoms with Crippen LogP contribution in [0.4, 0.5) is 19.6 Å². The Morgan fingerprint density at radius 1 is 1.10 bits per heavy atom. The van der Waals surface area contributed by atoms with Crippen LogP contribution in [0.3, 0.4) is 0 Å². The lowest BCUT2D eigenvalue weighted by Gasteiger charge is -2.19. The summed E-state index contributed by atoms with van der Waals surface area (Å²) in [5.74, 6) is -3.33. The molecule has 0 saturated carbocycles. The number of hydrogen-bond acceptors (Lipinski definition) is 5. The first-order valence-electron chi connectivity index (χ1n) is 8.71. The van der Waals surface area contributed by atoms with Crippen LogP contribution in [0.25, 0.3) is 0 Å². The molecule has 0 saturated heterocycles. The van der Waals surface area contributed by atoms with Crippen molar-refractivity contribution in [2.75, 3.05) is 4.90 Å². The number of anilines is 2. The molecule has 0 atom stereocenters. The number of aromatic nitrogens is 1. The zero-order valence-electron chi connectivity index (χ0n) is 16.0. The van der Waals surface area contributed by atoms with Gasteiger partial charge < -0.3 is 4.74 Å². The number of thiazole rings is 1. The number of amides is 1. The van der Waals surface area contributed by atoms with Gasteiger partial charge in [-0.15, -0.1) is 11.3 Å². The summed E-state index contributed by atoms with van der Waals surface area (Å²) in [6.45, 7) is 5.08. The minimum atomic E-state index is -1.12. The van der Waals surface area contributed by atoms with E-state index in [2.05, 4.69) is 4.98 Å².